The van der Waals surface area contributed by atoms with Gasteiger partial charge in [0, 0.05) is 16.0 Å². The van der Waals surface area contributed by atoms with Crippen LogP contribution in [-0.4, -0.2) is 14.2 Å². The van der Waals surface area contributed by atoms with Crippen LogP contribution in [0.15, 0.2) is 17.5 Å². The van der Waals surface area contributed by atoms with Gasteiger partial charge in [0.25, 0.3) is 0 Å². The third-order valence-electron chi connectivity index (χ3n) is 3.05. The van der Waals surface area contributed by atoms with Crippen molar-refractivity contribution in [3.05, 3.63) is 43.6 Å². The maximum Gasteiger partial charge on any atom is 0.162 e. The number of hydrogen-bond donors (Lipinski definition) is 1. The molecule has 3 nitrogen and oxygen atoms in total. The van der Waals surface area contributed by atoms with E-state index in [2.05, 4.69) is 0 Å². The second kappa shape index (κ2) is 6.22. The first-order chi connectivity index (χ1) is 9.49. The number of methoxy groups -OCH3 is 2. The van der Waals surface area contributed by atoms with E-state index in [0.717, 1.165) is 16.0 Å². The second-order valence-corrected chi connectivity index (χ2v) is 6.00. The van der Waals surface area contributed by atoms with Crippen LogP contribution in [-0.2, 0) is 0 Å². The molecule has 20 heavy (non-hydrogen) atoms. The lowest BCUT2D eigenvalue weighted by Crippen LogP contribution is -2.12. The Morgan fingerprint density at radius 2 is 1.75 bits per heavy atom. The third kappa shape index (κ3) is 2.74. The molecule has 2 rings (SSSR count). The van der Waals surface area contributed by atoms with E-state index in [4.69, 9.17) is 38.4 Å². The van der Waals surface area contributed by atoms with E-state index in [1.54, 1.807) is 26.4 Å². The number of rotatable bonds is 4. The zero-order valence-electron chi connectivity index (χ0n) is 11.4. The molecule has 0 fully saturated rings. The van der Waals surface area contributed by atoms with Crippen LogP contribution in [0.3, 0.4) is 0 Å². The highest BCUT2D eigenvalue weighted by Gasteiger charge is 2.21. The first-order valence-corrected chi connectivity index (χ1v) is 7.53. The van der Waals surface area contributed by atoms with Gasteiger partial charge in [-0.25, -0.2) is 0 Å². The quantitative estimate of drug-likeness (QED) is 0.901. The molecule has 108 valence electrons. The lowest BCUT2D eigenvalue weighted by molar-refractivity contribution is 0.354. The summed E-state index contributed by atoms with van der Waals surface area (Å²) in [4.78, 5) is 0.887. The molecular formula is C14H15Cl2NO2S. The van der Waals surface area contributed by atoms with Gasteiger partial charge in [-0.15, -0.1) is 11.3 Å². The van der Waals surface area contributed by atoms with E-state index in [1.165, 1.54) is 11.3 Å². The molecule has 0 amide bonds. The van der Waals surface area contributed by atoms with Crippen molar-refractivity contribution < 1.29 is 9.47 Å². The first kappa shape index (κ1) is 15.4. The maximum atomic E-state index is 6.29. The molecule has 1 unspecified atom stereocenters. The Morgan fingerprint density at radius 1 is 1.15 bits per heavy atom. The monoisotopic (exact) mass is 331 g/mol. The summed E-state index contributed by atoms with van der Waals surface area (Å²) in [7, 11) is 3.14. The summed E-state index contributed by atoms with van der Waals surface area (Å²) >= 11 is 14.1. The summed E-state index contributed by atoms with van der Waals surface area (Å²) in [6.07, 6.45) is 0. The van der Waals surface area contributed by atoms with Crippen LogP contribution >= 0.6 is 34.5 Å². The Kier molecular flexibility index (Phi) is 4.81. The average molecular weight is 332 g/mol. The minimum atomic E-state index is -0.395. The van der Waals surface area contributed by atoms with Crippen LogP contribution in [0.1, 0.15) is 22.0 Å². The highest BCUT2D eigenvalue weighted by atomic mass is 35.5. The smallest absolute Gasteiger partial charge is 0.162 e. The average Bonchev–Trinajstić information content (AvgIpc) is 2.78. The van der Waals surface area contributed by atoms with E-state index in [1.807, 2.05) is 12.3 Å². The highest BCUT2D eigenvalue weighted by Crippen LogP contribution is 2.40. The second-order valence-electron chi connectivity index (χ2n) is 4.30. The maximum absolute atomic E-state index is 6.29. The topological polar surface area (TPSA) is 44.5 Å². The van der Waals surface area contributed by atoms with Crippen LogP contribution in [0, 0.1) is 6.92 Å². The van der Waals surface area contributed by atoms with Gasteiger partial charge >= 0.3 is 0 Å². The molecule has 2 N–H and O–H groups in total. The molecule has 0 aliphatic rings. The summed E-state index contributed by atoms with van der Waals surface area (Å²) in [6.45, 7) is 1.95. The van der Waals surface area contributed by atoms with Crippen molar-refractivity contribution in [2.45, 2.75) is 13.0 Å². The van der Waals surface area contributed by atoms with E-state index < -0.39 is 6.04 Å². The number of benzene rings is 1. The van der Waals surface area contributed by atoms with E-state index in [0.29, 0.717) is 21.5 Å². The summed E-state index contributed by atoms with van der Waals surface area (Å²) in [5, 5.41) is 3.19. The zero-order valence-corrected chi connectivity index (χ0v) is 13.7. The molecule has 2 aromatic rings. The van der Waals surface area contributed by atoms with E-state index >= 15 is 0 Å². The summed E-state index contributed by atoms with van der Waals surface area (Å²) in [5.41, 5.74) is 8.06. The van der Waals surface area contributed by atoms with E-state index in [9.17, 15) is 0 Å². The molecule has 0 saturated carbocycles. The number of hydrogen-bond acceptors (Lipinski definition) is 4. The van der Waals surface area contributed by atoms with Crippen LogP contribution in [0.2, 0.25) is 10.0 Å². The van der Waals surface area contributed by atoms with Crippen LogP contribution in [0.25, 0.3) is 0 Å². The van der Waals surface area contributed by atoms with Gasteiger partial charge in [-0.3, -0.25) is 0 Å². The van der Waals surface area contributed by atoms with Gasteiger partial charge in [-0.05, 0) is 29.5 Å². The number of halogens is 2. The number of thiophene rings is 1. The molecule has 0 aliphatic heterocycles. The largest absolute Gasteiger partial charge is 0.493 e. The lowest BCUT2D eigenvalue weighted by atomic mass is 10.0. The van der Waals surface area contributed by atoms with Crippen LogP contribution in [0.4, 0.5) is 0 Å². The van der Waals surface area contributed by atoms with Crippen molar-refractivity contribution >= 4 is 34.5 Å². The first-order valence-electron chi connectivity index (χ1n) is 5.90. The van der Waals surface area contributed by atoms with Gasteiger partial charge in [0.2, 0.25) is 0 Å². The Bertz CT molecular complexity index is 628. The minimum Gasteiger partial charge on any atom is -0.493 e. The molecular weight excluding hydrogens is 317 g/mol. The molecule has 1 atom stereocenters. The van der Waals surface area contributed by atoms with Crippen molar-refractivity contribution in [2.24, 2.45) is 5.73 Å². The summed E-state index contributed by atoms with van der Waals surface area (Å²) < 4.78 is 10.5. The molecule has 0 bridgehead atoms. The Labute approximate surface area is 132 Å². The Morgan fingerprint density at radius 3 is 2.25 bits per heavy atom. The standard InChI is InChI=1S/C14H15Cl2NO2S/c1-7-6-20-14(12(7)16)13(17)8-4-10(18-2)11(19-3)5-9(8)15/h4-6,13H,17H2,1-3H3. The summed E-state index contributed by atoms with van der Waals surface area (Å²) in [6, 6.07) is 3.09. The number of aryl methyl sites for hydroxylation is 1. The van der Waals surface area contributed by atoms with Crippen LogP contribution in [0.5, 0.6) is 11.5 Å². The fourth-order valence-electron chi connectivity index (χ4n) is 1.91. The van der Waals surface area contributed by atoms with Gasteiger partial charge in [-0.1, -0.05) is 23.2 Å². The summed E-state index contributed by atoms with van der Waals surface area (Å²) in [5.74, 6) is 1.16. The Hall–Kier alpha value is -0.940. The van der Waals surface area contributed by atoms with Gasteiger partial charge in [0.15, 0.2) is 11.5 Å². The van der Waals surface area contributed by atoms with Crippen molar-refractivity contribution in [1.82, 2.24) is 0 Å². The predicted octanol–water partition coefficient (Wildman–Crippen LogP) is 4.43. The third-order valence-corrected chi connectivity index (χ3v) is 5.17. The van der Waals surface area contributed by atoms with E-state index in [-0.39, 0.29) is 0 Å². The van der Waals surface area contributed by atoms with Crippen molar-refractivity contribution in [3.8, 4) is 11.5 Å². The normalized spacial score (nSPS) is 12.3. The molecule has 6 heteroatoms. The lowest BCUT2D eigenvalue weighted by Gasteiger charge is -2.16. The van der Waals surface area contributed by atoms with Gasteiger partial charge in [0.1, 0.15) is 0 Å². The molecule has 0 radical (unpaired) electrons. The molecule has 1 heterocycles. The van der Waals surface area contributed by atoms with Gasteiger partial charge < -0.3 is 15.2 Å². The molecule has 1 aromatic heterocycles. The van der Waals surface area contributed by atoms with Crippen molar-refractivity contribution in [1.29, 1.82) is 0 Å². The van der Waals surface area contributed by atoms with Crippen molar-refractivity contribution in [3.63, 3.8) is 0 Å². The molecule has 0 spiro atoms. The zero-order chi connectivity index (χ0) is 14.9. The number of ether oxygens (including phenoxy) is 2. The van der Waals surface area contributed by atoms with Crippen molar-refractivity contribution in [2.75, 3.05) is 14.2 Å². The minimum absolute atomic E-state index is 0.395. The molecule has 0 aliphatic carbocycles. The highest BCUT2D eigenvalue weighted by molar-refractivity contribution is 7.10. The number of nitrogens with two attached hydrogens (primary N) is 1. The fraction of sp³-hybridized carbons (Fsp3) is 0.286. The predicted molar refractivity (Wildman–Crippen MR) is 84.7 cm³/mol. The molecule has 0 saturated heterocycles. The van der Waals surface area contributed by atoms with Gasteiger partial charge in [0.05, 0.1) is 25.3 Å². The SMILES string of the molecule is COc1cc(Cl)c(C(N)c2scc(C)c2Cl)cc1OC. The molecule has 1 aromatic carbocycles. The Balaban J connectivity index is 2.49. The fourth-order valence-corrected chi connectivity index (χ4v) is 3.51. The van der Waals surface area contributed by atoms with Crippen LogP contribution < -0.4 is 15.2 Å². The van der Waals surface area contributed by atoms with Gasteiger partial charge in [-0.2, -0.15) is 0 Å².